The summed E-state index contributed by atoms with van der Waals surface area (Å²) in [5.74, 6) is -0.362. The van der Waals surface area contributed by atoms with E-state index in [0.29, 0.717) is 16.9 Å². The summed E-state index contributed by atoms with van der Waals surface area (Å²) < 4.78 is 28.7. The van der Waals surface area contributed by atoms with E-state index in [1.807, 2.05) is 50.4 Å². The van der Waals surface area contributed by atoms with Gasteiger partial charge in [-0.05, 0) is 80.1 Å². The lowest BCUT2D eigenvalue weighted by atomic mass is 10.1. The highest BCUT2D eigenvalue weighted by Crippen LogP contribution is 2.26. The van der Waals surface area contributed by atoms with Crippen molar-refractivity contribution in [1.82, 2.24) is 0 Å². The third-order valence-electron chi connectivity index (χ3n) is 4.57. The van der Waals surface area contributed by atoms with Gasteiger partial charge in [-0.3, -0.25) is 9.52 Å². The van der Waals surface area contributed by atoms with Crippen LogP contribution < -0.4 is 10.0 Å². The van der Waals surface area contributed by atoms with Crippen LogP contribution in [0.1, 0.15) is 27.0 Å². The quantitative estimate of drug-likeness (QED) is 0.504. The van der Waals surface area contributed by atoms with E-state index in [0.717, 1.165) is 16.0 Å². The predicted molar refractivity (Wildman–Crippen MR) is 124 cm³/mol. The molecule has 5 nitrogen and oxygen atoms in total. The first-order valence-corrected chi connectivity index (χ1v) is 12.1. The molecule has 3 aromatic rings. The van der Waals surface area contributed by atoms with Crippen molar-refractivity contribution in [2.45, 2.75) is 30.6 Å². The Morgan fingerprint density at radius 2 is 1.57 bits per heavy atom. The van der Waals surface area contributed by atoms with E-state index >= 15 is 0 Å². The number of rotatable bonds is 6. The van der Waals surface area contributed by atoms with E-state index < -0.39 is 10.0 Å². The van der Waals surface area contributed by atoms with Gasteiger partial charge < -0.3 is 5.32 Å². The zero-order valence-electron chi connectivity index (χ0n) is 17.3. The number of hydrogen-bond donors (Lipinski definition) is 2. The van der Waals surface area contributed by atoms with E-state index in [4.69, 9.17) is 0 Å². The molecule has 0 spiro atoms. The van der Waals surface area contributed by atoms with Gasteiger partial charge in [-0.2, -0.15) is 0 Å². The van der Waals surface area contributed by atoms with Crippen molar-refractivity contribution in [2.75, 3.05) is 16.3 Å². The van der Waals surface area contributed by atoms with Gasteiger partial charge in [0.15, 0.2) is 0 Å². The Labute approximate surface area is 182 Å². The Hall–Kier alpha value is -2.77. The second kappa shape index (κ2) is 8.93. The molecule has 30 heavy (non-hydrogen) atoms. The Morgan fingerprint density at radius 1 is 0.900 bits per heavy atom. The smallest absolute Gasteiger partial charge is 0.262 e. The number of benzene rings is 3. The van der Waals surface area contributed by atoms with Crippen LogP contribution in [0.2, 0.25) is 0 Å². The van der Waals surface area contributed by atoms with E-state index in [1.165, 1.54) is 17.8 Å². The first-order chi connectivity index (χ1) is 14.2. The van der Waals surface area contributed by atoms with Gasteiger partial charge in [0.2, 0.25) is 0 Å². The molecule has 156 valence electrons. The molecule has 3 aromatic carbocycles. The van der Waals surface area contributed by atoms with Crippen molar-refractivity contribution in [2.24, 2.45) is 0 Å². The average Bonchev–Trinajstić information content (AvgIpc) is 2.67. The summed E-state index contributed by atoms with van der Waals surface area (Å²) in [7, 11) is -3.85. The van der Waals surface area contributed by atoms with Crippen LogP contribution >= 0.6 is 11.8 Å². The van der Waals surface area contributed by atoms with Crippen LogP contribution in [-0.2, 0) is 10.0 Å². The molecule has 0 heterocycles. The maximum Gasteiger partial charge on any atom is 0.262 e. The monoisotopic (exact) mass is 440 g/mol. The van der Waals surface area contributed by atoms with Crippen LogP contribution in [-0.4, -0.2) is 20.6 Å². The minimum atomic E-state index is -3.85. The number of carbonyl (C=O) groups excluding carboxylic acids is 1. The fourth-order valence-corrected chi connectivity index (χ4v) is 5.08. The Bertz CT molecular complexity index is 1180. The summed E-state index contributed by atoms with van der Waals surface area (Å²) in [6.07, 6.45) is 1.93. The lowest BCUT2D eigenvalue weighted by Crippen LogP contribution is -2.17. The zero-order chi connectivity index (χ0) is 21.9. The molecular weight excluding hydrogens is 416 g/mol. The molecule has 0 bridgehead atoms. The van der Waals surface area contributed by atoms with Gasteiger partial charge >= 0.3 is 0 Å². The fraction of sp³-hybridized carbons (Fsp3) is 0.174. The predicted octanol–water partition coefficient (Wildman–Crippen LogP) is 5.39. The van der Waals surface area contributed by atoms with Gasteiger partial charge in [0, 0.05) is 16.1 Å². The average molecular weight is 441 g/mol. The molecule has 0 unspecified atom stereocenters. The third kappa shape index (κ3) is 5.04. The van der Waals surface area contributed by atoms with Crippen LogP contribution in [0.4, 0.5) is 11.4 Å². The fourth-order valence-electron chi connectivity index (χ4n) is 3.22. The van der Waals surface area contributed by atoms with E-state index in [2.05, 4.69) is 10.0 Å². The first-order valence-electron chi connectivity index (χ1n) is 9.36. The molecule has 3 rings (SSSR count). The standard InChI is InChI=1S/C23H24N2O3S2/c1-15-11-16(2)13-19(12-15)25-30(27,28)22-14-18(10-9-17(22)3)23(26)24-20-7-5-6-8-21(20)29-4/h5-14,25H,1-4H3,(H,24,26). The normalized spacial score (nSPS) is 11.2. The second-order valence-electron chi connectivity index (χ2n) is 7.12. The number of sulfonamides is 1. The largest absolute Gasteiger partial charge is 0.321 e. The van der Waals surface area contributed by atoms with Crippen molar-refractivity contribution in [1.29, 1.82) is 0 Å². The molecule has 0 fully saturated rings. The van der Waals surface area contributed by atoms with Crippen LogP contribution in [0.15, 0.2) is 70.5 Å². The second-order valence-corrected chi connectivity index (χ2v) is 9.62. The third-order valence-corrected chi connectivity index (χ3v) is 6.89. The molecule has 2 N–H and O–H groups in total. The van der Waals surface area contributed by atoms with Crippen molar-refractivity contribution in [3.8, 4) is 0 Å². The lowest BCUT2D eigenvalue weighted by Gasteiger charge is -2.14. The maximum atomic E-state index is 13.0. The Morgan fingerprint density at radius 3 is 2.23 bits per heavy atom. The summed E-state index contributed by atoms with van der Waals surface area (Å²) in [5, 5.41) is 2.87. The number of amides is 1. The highest BCUT2D eigenvalue weighted by molar-refractivity contribution is 7.98. The van der Waals surface area contributed by atoms with Crippen LogP contribution in [0.5, 0.6) is 0 Å². The van der Waals surface area contributed by atoms with Gasteiger partial charge in [0.05, 0.1) is 10.6 Å². The maximum absolute atomic E-state index is 13.0. The van der Waals surface area contributed by atoms with Crippen molar-refractivity contribution >= 4 is 39.1 Å². The van der Waals surface area contributed by atoms with Gasteiger partial charge in [-0.25, -0.2) is 8.42 Å². The summed E-state index contributed by atoms with van der Waals surface area (Å²) in [6.45, 7) is 5.53. The van der Waals surface area contributed by atoms with Gasteiger partial charge in [-0.1, -0.05) is 24.3 Å². The summed E-state index contributed by atoms with van der Waals surface area (Å²) in [4.78, 5) is 13.8. The number of anilines is 2. The molecule has 0 saturated heterocycles. The van der Waals surface area contributed by atoms with E-state index in [-0.39, 0.29) is 16.4 Å². The van der Waals surface area contributed by atoms with Crippen molar-refractivity contribution in [3.05, 3.63) is 82.9 Å². The van der Waals surface area contributed by atoms with Crippen LogP contribution in [0.25, 0.3) is 0 Å². The number of aryl methyl sites for hydroxylation is 3. The summed E-state index contributed by atoms with van der Waals surface area (Å²) >= 11 is 1.53. The molecule has 0 aliphatic heterocycles. The van der Waals surface area contributed by atoms with Crippen molar-refractivity contribution < 1.29 is 13.2 Å². The number of nitrogens with one attached hydrogen (secondary N) is 2. The molecule has 0 saturated carbocycles. The van der Waals surface area contributed by atoms with E-state index in [1.54, 1.807) is 31.2 Å². The van der Waals surface area contributed by atoms with Gasteiger partial charge in [0.1, 0.15) is 0 Å². The molecule has 0 aliphatic carbocycles. The van der Waals surface area contributed by atoms with Crippen LogP contribution in [0.3, 0.4) is 0 Å². The zero-order valence-corrected chi connectivity index (χ0v) is 18.9. The molecule has 0 atom stereocenters. The van der Waals surface area contributed by atoms with E-state index in [9.17, 15) is 13.2 Å². The molecule has 0 radical (unpaired) electrons. The Kier molecular flexibility index (Phi) is 6.53. The molecular formula is C23H24N2O3S2. The highest BCUT2D eigenvalue weighted by Gasteiger charge is 2.20. The molecule has 0 aliphatic rings. The minimum absolute atomic E-state index is 0.0764. The highest BCUT2D eigenvalue weighted by atomic mass is 32.2. The molecule has 7 heteroatoms. The van der Waals surface area contributed by atoms with Crippen molar-refractivity contribution in [3.63, 3.8) is 0 Å². The van der Waals surface area contributed by atoms with Gasteiger partial charge in [0.25, 0.3) is 15.9 Å². The topological polar surface area (TPSA) is 75.3 Å². The Balaban J connectivity index is 1.91. The number of para-hydroxylation sites is 1. The first kappa shape index (κ1) is 21.9. The van der Waals surface area contributed by atoms with Gasteiger partial charge in [-0.15, -0.1) is 11.8 Å². The number of carbonyl (C=O) groups is 1. The number of thioether (sulfide) groups is 1. The SMILES string of the molecule is CSc1ccccc1NC(=O)c1ccc(C)c(S(=O)(=O)Nc2cc(C)cc(C)c2)c1. The summed E-state index contributed by atoms with van der Waals surface area (Å²) in [5.41, 5.74) is 3.95. The molecule has 0 aromatic heterocycles. The molecule has 1 amide bonds. The van der Waals surface area contributed by atoms with Crippen LogP contribution in [0, 0.1) is 20.8 Å². The lowest BCUT2D eigenvalue weighted by molar-refractivity contribution is 0.102. The number of hydrogen-bond acceptors (Lipinski definition) is 4. The summed E-state index contributed by atoms with van der Waals surface area (Å²) in [6, 6.07) is 17.7. The minimum Gasteiger partial charge on any atom is -0.321 e.